The molecule has 5 heterocycles. The second kappa shape index (κ2) is 9.52. The van der Waals surface area contributed by atoms with E-state index < -0.39 is 6.10 Å². The number of aliphatic hydroxyl groups is 2. The molecule has 35 heavy (non-hydrogen) atoms. The number of rotatable bonds is 6. The van der Waals surface area contributed by atoms with E-state index in [1.807, 2.05) is 30.3 Å². The number of aliphatic hydroxyl groups excluding tert-OH is 2. The fraction of sp³-hybridized carbons (Fsp3) is 0.520. The van der Waals surface area contributed by atoms with Crippen LogP contribution in [0.1, 0.15) is 38.7 Å². The molecular weight excluding hydrogens is 446 g/mol. The van der Waals surface area contributed by atoms with Crippen molar-refractivity contribution in [3.05, 3.63) is 36.3 Å². The third-order valence-electron chi connectivity index (χ3n) is 7.11. The quantitative estimate of drug-likeness (QED) is 0.486. The molecule has 0 unspecified atom stereocenters. The van der Waals surface area contributed by atoms with Gasteiger partial charge in [0.05, 0.1) is 24.4 Å². The molecule has 5 rings (SSSR count). The van der Waals surface area contributed by atoms with Gasteiger partial charge >= 0.3 is 0 Å². The summed E-state index contributed by atoms with van der Waals surface area (Å²) >= 11 is 0. The van der Waals surface area contributed by atoms with E-state index in [1.165, 1.54) is 0 Å². The van der Waals surface area contributed by atoms with Crippen LogP contribution in [0.25, 0.3) is 10.8 Å². The molecule has 3 N–H and O–H groups in total. The zero-order valence-electron chi connectivity index (χ0n) is 20.6. The molecule has 2 fully saturated rings. The van der Waals surface area contributed by atoms with Crippen LogP contribution < -0.4 is 15.1 Å². The van der Waals surface area contributed by atoms with Crippen molar-refractivity contribution in [2.45, 2.75) is 57.5 Å². The van der Waals surface area contributed by atoms with Crippen LogP contribution in [-0.2, 0) is 4.74 Å². The Morgan fingerprint density at radius 1 is 1.06 bits per heavy atom. The van der Waals surface area contributed by atoms with E-state index in [2.05, 4.69) is 39.0 Å². The van der Waals surface area contributed by atoms with Gasteiger partial charge in [-0.2, -0.15) is 4.98 Å². The zero-order valence-corrected chi connectivity index (χ0v) is 20.6. The topological polar surface area (TPSA) is 120 Å². The first-order valence-corrected chi connectivity index (χ1v) is 12.1. The van der Waals surface area contributed by atoms with E-state index >= 15 is 0 Å². The number of nitrogens with zero attached hydrogens (tertiary/aromatic N) is 6. The Morgan fingerprint density at radius 2 is 1.89 bits per heavy atom. The van der Waals surface area contributed by atoms with Gasteiger partial charge in [-0.15, -0.1) is 0 Å². The van der Waals surface area contributed by atoms with E-state index in [4.69, 9.17) is 9.72 Å². The molecule has 2 aliphatic heterocycles. The number of hydrogen-bond acceptors (Lipinski definition) is 10. The molecule has 0 aliphatic carbocycles. The van der Waals surface area contributed by atoms with Gasteiger partial charge in [0.1, 0.15) is 17.5 Å². The molecule has 2 saturated heterocycles. The molecule has 0 aromatic carbocycles. The Labute approximate surface area is 205 Å². The smallest absolute Gasteiger partial charge is 0.227 e. The third kappa shape index (κ3) is 4.49. The lowest BCUT2D eigenvalue weighted by atomic mass is 9.96. The second-order valence-electron chi connectivity index (χ2n) is 9.71. The Balaban J connectivity index is 1.42. The molecule has 0 amide bonds. The number of nitrogens with one attached hydrogen (secondary N) is 1. The fourth-order valence-corrected chi connectivity index (χ4v) is 4.84. The van der Waals surface area contributed by atoms with Gasteiger partial charge in [0.15, 0.2) is 0 Å². The molecule has 4 atom stereocenters. The molecule has 0 bridgehead atoms. The summed E-state index contributed by atoms with van der Waals surface area (Å²) in [5.74, 6) is 3.01. The summed E-state index contributed by atoms with van der Waals surface area (Å²) in [5.41, 5.74) is 1.14. The minimum atomic E-state index is -0.580. The van der Waals surface area contributed by atoms with Crippen molar-refractivity contribution in [1.29, 1.82) is 0 Å². The summed E-state index contributed by atoms with van der Waals surface area (Å²) < 4.78 is 5.34. The van der Waals surface area contributed by atoms with Crippen LogP contribution in [0.4, 0.5) is 23.4 Å². The van der Waals surface area contributed by atoms with Crippen molar-refractivity contribution in [1.82, 2.24) is 19.9 Å². The second-order valence-corrected chi connectivity index (χ2v) is 9.71. The first kappa shape index (κ1) is 23.7. The number of pyridine rings is 2. The molecule has 0 radical (unpaired) electrons. The SMILES string of the molecule is CO[C@@H]1CCN(c2nccc(Nc3cc4c(C(C)C)cnc(N5C[C@H](O)[C@H]5C)c4cn3)n2)C[C@@H]1O. The summed E-state index contributed by atoms with van der Waals surface area (Å²) in [6, 6.07) is 3.87. The van der Waals surface area contributed by atoms with Crippen LogP contribution in [-0.4, -0.2) is 81.2 Å². The fourth-order valence-electron chi connectivity index (χ4n) is 4.84. The van der Waals surface area contributed by atoms with Gasteiger partial charge in [-0.1, -0.05) is 13.8 Å². The minimum absolute atomic E-state index is 0.0281. The first-order chi connectivity index (χ1) is 16.9. The number of fused-ring (bicyclic) bond motifs is 1. The molecular formula is C25H33N7O3. The lowest BCUT2D eigenvalue weighted by molar-refractivity contribution is -0.0219. The number of hydrogen-bond donors (Lipinski definition) is 3. The number of β-amino-alcohol motifs (C(OH)–C–C–N with tert-alkyl or cyclic N) is 2. The van der Waals surface area contributed by atoms with Crippen molar-refractivity contribution in [3.63, 3.8) is 0 Å². The number of aromatic nitrogens is 4. The molecule has 10 heteroatoms. The lowest BCUT2D eigenvalue weighted by Gasteiger charge is -2.44. The van der Waals surface area contributed by atoms with Crippen molar-refractivity contribution in [2.75, 3.05) is 41.9 Å². The van der Waals surface area contributed by atoms with Crippen molar-refractivity contribution in [3.8, 4) is 0 Å². The highest BCUT2D eigenvalue weighted by atomic mass is 16.5. The summed E-state index contributed by atoms with van der Waals surface area (Å²) in [7, 11) is 1.62. The van der Waals surface area contributed by atoms with E-state index in [0.717, 1.165) is 22.2 Å². The van der Waals surface area contributed by atoms with Crippen molar-refractivity contribution in [2.24, 2.45) is 0 Å². The van der Waals surface area contributed by atoms with Crippen LogP contribution >= 0.6 is 0 Å². The number of piperidine rings is 1. The van der Waals surface area contributed by atoms with Gasteiger partial charge in [-0.3, -0.25) is 0 Å². The standard InChI is InChI=1S/C25H33N7O3/c1-14(2)17-10-28-24(32-13-19(33)15(32)3)18-11-27-23(9-16(17)18)29-22-5-7-26-25(30-22)31-8-6-21(35-4)20(34)12-31/h5,7,9-11,14-15,19-21,33-34H,6,8,12-13H2,1-4H3,(H,26,27,29,30)/t15-,19+,20+,21-/m1/s1. The Morgan fingerprint density at radius 3 is 2.57 bits per heavy atom. The maximum Gasteiger partial charge on any atom is 0.227 e. The maximum atomic E-state index is 10.3. The molecule has 3 aromatic heterocycles. The van der Waals surface area contributed by atoms with Gasteiger partial charge in [-0.05, 0) is 42.3 Å². The molecule has 2 aliphatic rings. The predicted molar refractivity (Wildman–Crippen MR) is 135 cm³/mol. The van der Waals surface area contributed by atoms with E-state index in [0.29, 0.717) is 49.6 Å². The summed E-state index contributed by atoms with van der Waals surface area (Å²) in [5, 5.41) is 25.7. The van der Waals surface area contributed by atoms with Gasteiger partial charge in [0, 0.05) is 50.7 Å². The van der Waals surface area contributed by atoms with Crippen LogP contribution in [0.2, 0.25) is 0 Å². The van der Waals surface area contributed by atoms with Gasteiger partial charge < -0.3 is 30.1 Å². The Hall–Kier alpha value is -3.08. The highest BCUT2D eigenvalue weighted by molar-refractivity contribution is 5.96. The Bertz CT molecular complexity index is 1210. The monoisotopic (exact) mass is 479 g/mol. The number of methoxy groups -OCH3 is 1. The minimum Gasteiger partial charge on any atom is -0.389 e. The molecule has 0 saturated carbocycles. The average molecular weight is 480 g/mol. The van der Waals surface area contributed by atoms with Crippen LogP contribution in [0, 0.1) is 0 Å². The molecule has 3 aromatic rings. The first-order valence-electron chi connectivity index (χ1n) is 12.1. The van der Waals surface area contributed by atoms with Crippen LogP contribution in [0.5, 0.6) is 0 Å². The predicted octanol–water partition coefficient (Wildman–Crippen LogP) is 2.44. The largest absolute Gasteiger partial charge is 0.389 e. The van der Waals surface area contributed by atoms with E-state index in [-0.39, 0.29) is 18.2 Å². The van der Waals surface area contributed by atoms with Crippen molar-refractivity contribution >= 4 is 34.2 Å². The number of ether oxygens (including phenoxy) is 1. The maximum absolute atomic E-state index is 10.3. The van der Waals surface area contributed by atoms with Crippen LogP contribution in [0.15, 0.2) is 30.7 Å². The van der Waals surface area contributed by atoms with E-state index in [1.54, 1.807) is 19.4 Å². The highest BCUT2D eigenvalue weighted by Gasteiger charge is 2.36. The average Bonchev–Trinajstić information content (AvgIpc) is 2.86. The zero-order chi connectivity index (χ0) is 24.7. The van der Waals surface area contributed by atoms with Crippen molar-refractivity contribution < 1.29 is 14.9 Å². The third-order valence-corrected chi connectivity index (χ3v) is 7.11. The van der Waals surface area contributed by atoms with Gasteiger partial charge in [0.2, 0.25) is 5.95 Å². The molecule has 10 nitrogen and oxygen atoms in total. The molecule has 0 spiro atoms. The number of anilines is 4. The summed E-state index contributed by atoms with van der Waals surface area (Å²) in [4.78, 5) is 22.5. The van der Waals surface area contributed by atoms with Gasteiger partial charge in [0.25, 0.3) is 0 Å². The summed E-state index contributed by atoms with van der Waals surface area (Å²) in [6.45, 7) is 8.02. The van der Waals surface area contributed by atoms with E-state index in [9.17, 15) is 10.2 Å². The normalized spacial score (nSPS) is 24.7. The van der Waals surface area contributed by atoms with Gasteiger partial charge in [-0.25, -0.2) is 15.0 Å². The highest BCUT2D eigenvalue weighted by Crippen LogP contribution is 2.36. The lowest BCUT2D eigenvalue weighted by Crippen LogP contribution is -2.59. The molecule has 186 valence electrons. The van der Waals surface area contributed by atoms with Crippen LogP contribution in [0.3, 0.4) is 0 Å². The Kier molecular flexibility index (Phi) is 6.43. The summed E-state index contributed by atoms with van der Waals surface area (Å²) in [6.07, 6.45) is 5.12.